The fourth-order valence-corrected chi connectivity index (χ4v) is 4.03. The van der Waals surface area contributed by atoms with Crippen molar-refractivity contribution in [2.75, 3.05) is 13.1 Å². The number of rotatable bonds is 3. The topological polar surface area (TPSA) is 71.2 Å². The van der Waals surface area contributed by atoms with Gasteiger partial charge in [-0.05, 0) is 42.5 Å². The summed E-state index contributed by atoms with van der Waals surface area (Å²) in [6.07, 6.45) is 2.64. The van der Waals surface area contributed by atoms with Gasteiger partial charge in [-0.15, -0.1) is 11.3 Å². The van der Waals surface area contributed by atoms with E-state index in [0.29, 0.717) is 37.3 Å². The zero-order valence-electron chi connectivity index (χ0n) is 14.5. The Labute approximate surface area is 155 Å². The Morgan fingerprint density at radius 2 is 2.04 bits per heavy atom. The Morgan fingerprint density at radius 1 is 1.23 bits per heavy atom. The van der Waals surface area contributed by atoms with Crippen molar-refractivity contribution in [2.24, 2.45) is 7.05 Å². The number of hydrogen-bond acceptors (Lipinski definition) is 5. The Bertz CT molecular complexity index is 897. The fourth-order valence-electron chi connectivity index (χ4n) is 3.35. The van der Waals surface area contributed by atoms with Gasteiger partial charge in [-0.3, -0.25) is 14.5 Å². The maximum atomic E-state index is 12.9. The molecule has 6 nitrogen and oxygen atoms in total. The second-order valence-electron chi connectivity index (χ2n) is 6.55. The molecule has 0 unspecified atom stereocenters. The average molecular weight is 368 g/mol. The third-order valence-corrected chi connectivity index (χ3v) is 5.78. The summed E-state index contributed by atoms with van der Waals surface area (Å²) in [4.78, 5) is 20.0. The van der Waals surface area contributed by atoms with Crippen LogP contribution in [0.1, 0.15) is 29.0 Å². The lowest BCUT2D eigenvalue weighted by Gasteiger charge is -2.37. The first kappa shape index (κ1) is 16.9. The molecule has 4 heterocycles. The first-order chi connectivity index (χ1) is 12.6. The predicted molar refractivity (Wildman–Crippen MR) is 99.8 cm³/mol. The van der Waals surface area contributed by atoms with Gasteiger partial charge in [-0.2, -0.15) is 5.10 Å². The molecule has 1 aliphatic rings. The molecule has 1 fully saturated rings. The smallest absolute Gasteiger partial charge is 0.272 e. The number of carbonyl (C=O) groups is 1. The summed E-state index contributed by atoms with van der Waals surface area (Å²) >= 11 is 1.60. The average Bonchev–Trinajstić information content (AvgIpc) is 3.32. The van der Waals surface area contributed by atoms with Crippen molar-refractivity contribution in [2.45, 2.75) is 18.4 Å². The quantitative estimate of drug-likeness (QED) is 0.772. The van der Waals surface area contributed by atoms with Gasteiger partial charge in [0, 0.05) is 26.3 Å². The summed E-state index contributed by atoms with van der Waals surface area (Å²) in [5.41, 5.74) is 1.09. The molecule has 0 radical (unpaired) electrons. The molecule has 0 saturated carbocycles. The van der Waals surface area contributed by atoms with Crippen LogP contribution in [0, 0.1) is 0 Å². The zero-order chi connectivity index (χ0) is 18.1. The third-order valence-electron chi connectivity index (χ3n) is 4.89. The molecule has 7 heteroatoms. The summed E-state index contributed by atoms with van der Waals surface area (Å²) in [6.45, 7) is 0.983. The summed E-state index contributed by atoms with van der Waals surface area (Å²) in [6, 6.07) is 11.4. The van der Waals surface area contributed by atoms with E-state index in [1.54, 1.807) is 34.2 Å². The summed E-state index contributed by atoms with van der Waals surface area (Å²) < 4.78 is 1.64. The van der Waals surface area contributed by atoms with Crippen LogP contribution in [0.4, 0.5) is 0 Å². The normalized spacial score (nSPS) is 16.6. The van der Waals surface area contributed by atoms with Crippen molar-refractivity contribution in [3.63, 3.8) is 0 Å². The van der Waals surface area contributed by atoms with Crippen molar-refractivity contribution >= 4 is 17.2 Å². The van der Waals surface area contributed by atoms with Crippen LogP contribution >= 0.6 is 11.3 Å². The highest BCUT2D eigenvalue weighted by Gasteiger charge is 2.37. The lowest BCUT2D eigenvalue weighted by molar-refractivity contribution is -0.0246. The molecule has 1 aliphatic heterocycles. The predicted octanol–water partition coefficient (Wildman–Crippen LogP) is 2.67. The Kier molecular flexibility index (Phi) is 4.34. The van der Waals surface area contributed by atoms with Gasteiger partial charge in [0.05, 0.1) is 10.6 Å². The van der Waals surface area contributed by atoms with Crippen LogP contribution in [0.5, 0.6) is 0 Å². The molecule has 1 N–H and O–H groups in total. The number of hydrogen-bond donors (Lipinski definition) is 1. The summed E-state index contributed by atoms with van der Waals surface area (Å²) in [7, 11) is 1.79. The van der Waals surface area contributed by atoms with E-state index in [1.807, 2.05) is 41.8 Å². The van der Waals surface area contributed by atoms with Crippen molar-refractivity contribution in [3.05, 3.63) is 59.4 Å². The number of carbonyl (C=O) groups excluding carboxylic acids is 1. The van der Waals surface area contributed by atoms with E-state index in [4.69, 9.17) is 0 Å². The molecule has 0 spiro atoms. The molecule has 1 saturated heterocycles. The van der Waals surface area contributed by atoms with E-state index >= 15 is 0 Å². The van der Waals surface area contributed by atoms with Crippen LogP contribution in [0.25, 0.3) is 10.6 Å². The second kappa shape index (κ2) is 6.66. The van der Waals surface area contributed by atoms with Crippen LogP contribution in [0.15, 0.2) is 48.0 Å². The summed E-state index contributed by atoms with van der Waals surface area (Å²) in [5.74, 6) is -0.0501. The number of likely N-dealkylation sites (tertiary alicyclic amines) is 1. The van der Waals surface area contributed by atoms with Gasteiger partial charge < -0.3 is 10.0 Å². The Balaban J connectivity index is 1.49. The molecule has 0 aromatic carbocycles. The second-order valence-corrected chi connectivity index (χ2v) is 7.50. The molecule has 4 rings (SSSR count). The minimum absolute atomic E-state index is 0.0501. The highest BCUT2D eigenvalue weighted by atomic mass is 32.1. The number of thiophene rings is 1. The zero-order valence-corrected chi connectivity index (χ0v) is 15.3. The molecule has 134 valence electrons. The van der Waals surface area contributed by atoms with Gasteiger partial charge in [-0.25, -0.2) is 0 Å². The first-order valence-corrected chi connectivity index (χ1v) is 9.46. The summed E-state index contributed by atoms with van der Waals surface area (Å²) in [5, 5.41) is 17.3. The van der Waals surface area contributed by atoms with Crippen molar-refractivity contribution < 1.29 is 9.90 Å². The number of piperidine rings is 1. The van der Waals surface area contributed by atoms with Gasteiger partial charge in [0.15, 0.2) is 0 Å². The number of nitrogens with zero attached hydrogens (tertiary/aromatic N) is 4. The lowest BCUT2D eigenvalue weighted by Crippen LogP contribution is -2.45. The van der Waals surface area contributed by atoms with Crippen LogP contribution in [0.3, 0.4) is 0 Å². The monoisotopic (exact) mass is 368 g/mol. The third kappa shape index (κ3) is 3.04. The molecular formula is C19H20N4O2S. The highest BCUT2D eigenvalue weighted by molar-refractivity contribution is 7.13. The minimum Gasteiger partial charge on any atom is -0.383 e. The number of amides is 1. The SMILES string of the molecule is Cn1nc(-c2cccs2)cc1C(=O)N1CCC(O)(c2ccccn2)CC1. The van der Waals surface area contributed by atoms with E-state index in [-0.39, 0.29) is 5.91 Å². The van der Waals surface area contributed by atoms with E-state index in [9.17, 15) is 9.90 Å². The molecular weight excluding hydrogens is 348 g/mol. The minimum atomic E-state index is -0.966. The van der Waals surface area contributed by atoms with E-state index in [0.717, 1.165) is 10.6 Å². The van der Waals surface area contributed by atoms with Gasteiger partial charge in [0.2, 0.25) is 0 Å². The molecule has 0 atom stereocenters. The number of pyridine rings is 1. The van der Waals surface area contributed by atoms with Crippen LogP contribution < -0.4 is 0 Å². The van der Waals surface area contributed by atoms with E-state index in [1.165, 1.54) is 0 Å². The maximum absolute atomic E-state index is 12.9. The van der Waals surface area contributed by atoms with Crippen molar-refractivity contribution in [1.82, 2.24) is 19.7 Å². The number of aromatic nitrogens is 3. The van der Waals surface area contributed by atoms with Crippen LogP contribution in [-0.4, -0.2) is 43.8 Å². The molecule has 3 aromatic heterocycles. The molecule has 0 bridgehead atoms. The van der Waals surface area contributed by atoms with Crippen LogP contribution in [-0.2, 0) is 12.6 Å². The van der Waals surface area contributed by atoms with E-state index in [2.05, 4.69) is 10.1 Å². The van der Waals surface area contributed by atoms with Crippen LogP contribution in [0.2, 0.25) is 0 Å². The van der Waals surface area contributed by atoms with Crippen molar-refractivity contribution in [1.29, 1.82) is 0 Å². The molecule has 26 heavy (non-hydrogen) atoms. The fraction of sp³-hybridized carbons (Fsp3) is 0.316. The highest BCUT2D eigenvalue weighted by Crippen LogP contribution is 2.32. The largest absolute Gasteiger partial charge is 0.383 e. The van der Waals surface area contributed by atoms with Gasteiger partial charge in [-0.1, -0.05) is 12.1 Å². The number of aryl methyl sites for hydroxylation is 1. The van der Waals surface area contributed by atoms with Gasteiger partial charge in [0.1, 0.15) is 17.0 Å². The maximum Gasteiger partial charge on any atom is 0.272 e. The molecule has 1 amide bonds. The molecule has 3 aromatic rings. The van der Waals surface area contributed by atoms with Crippen molar-refractivity contribution in [3.8, 4) is 10.6 Å². The lowest BCUT2D eigenvalue weighted by atomic mass is 9.87. The van der Waals surface area contributed by atoms with Gasteiger partial charge >= 0.3 is 0 Å². The Morgan fingerprint density at radius 3 is 2.69 bits per heavy atom. The van der Waals surface area contributed by atoms with Gasteiger partial charge in [0.25, 0.3) is 5.91 Å². The Hall–Kier alpha value is -2.51. The molecule has 0 aliphatic carbocycles. The number of aliphatic hydroxyl groups is 1. The van der Waals surface area contributed by atoms with E-state index < -0.39 is 5.60 Å². The first-order valence-electron chi connectivity index (χ1n) is 8.58. The standard InChI is InChI=1S/C19H20N4O2S/c1-22-15(13-14(21-22)16-5-4-12-26-16)18(24)23-10-7-19(25,8-11-23)17-6-2-3-9-20-17/h2-6,9,12-13,25H,7-8,10-11H2,1H3.